The Bertz CT molecular complexity index is 810. The van der Waals surface area contributed by atoms with Crippen LogP contribution < -0.4 is 15.0 Å². The third-order valence-electron chi connectivity index (χ3n) is 4.44. The average molecular weight is 437 g/mol. The number of carbonyl (C=O) groups is 1. The number of nitrogens with one attached hydrogen (secondary N) is 1. The van der Waals surface area contributed by atoms with Gasteiger partial charge in [-0.3, -0.25) is 4.79 Å². The molecule has 0 aromatic heterocycles. The highest BCUT2D eigenvalue weighted by Gasteiger charge is 2.16. The zero-order valence-electron chi connectivity index (χ0n) is 15.1. The normalized spacial score (nSPS) is 14.1. The Hall–Kier alpha value is -2.12. The standard InChI is InChI=1S/C20H22BrFN2O3/c1-26-19-6-2-14(12-16(19)22)3-7-20(25)23-17-13-15(21)4-5-18(17)24-8-10-27-11-9-24/h2,4-6,12-13H,3,7-11H2,1H3,(H,23,25). The molecule has 2 aromatic carbocycles. The fourth-order valence-electron chi connectivity index (χ4n) is 3.02. The minimum absolute atomic E-state index is 0.112. The summed E-state index contributed by atoms with van der Waals surface area (Å²) in [6.07, 6.45) is 0.717. The van der Waals surface area contributed by atoms with Gasteiger partial charge in [-0.1, -0.05) is 22.0 Å². The van der Waals surface area contributed by atoms with Crippen LogP contribution in [0.15, 0.2) is 40.9 Å². The molecule has 3 rings (SSSR count). The van der Waals surface area contributed by atoms with Gasteiger partial charge in [0.25, 0.3) is 0 Å². The first-order chi connectivity index (χ1) is 13.1. The molecule has 144 valence electrons. The van der Waals surface area contributed by atoms with Gasteiger partial charge in [-0.2, -0.15) is 0 Å². The van der Waals surface area contributed by atoms with Crippen LogP contribution in [0, 0.1) is 5.82 Å². The summed E-state index contributed by atoms with van der Waals surface area (Å²) in [6, 6.07) is 10.6. The van der Waals surface area contributed by atoms with Crippen molar-refractivity contribution < 1.29 is 18.7 Å². The fourth-order valence-corrected chi connectivity index (χ4v) is 3.39. The Balaban J connectivity index is 1.65. The number of amides is 1. The zero-order valence-corrected chi connectivity index (χ0v) is 16.7. The Labute approximate surface area is 166 Å². The van der Waals surface area contributed by atoms with Crippen molar-refractivity contribution in [1.82, 2.24) is 0 Å². The highest BCUT2D eigenvalue weighted by molar-refractivity contribution is 9.10. The monoisotopic (exact) mass is 436 g/mol. The Kier molecular flexibility index (Phi) is 6.68. The summed E-state index contributed by atoms with van der Waals surface area (Å²) in [5.74, 6) is -0.330. The van der Waals surface area contributed by atoms with Gasteiger partial charge in [-0.25, -0.2) is 4.39 Å². The Morgan fingerprint density at radius 2 is 2.04 bits per heavy atom. The van der Waals surface area contributed by atoms with E-state index in [1.165, 1.54) is 13.2 Å². The number of hydrogen-bond donors (Lipinski definition) is 1. The zero-order chi connectivity index (χ0) is 19.2. The summed E-state index contributed by atoms with van der Waals surface area (Å²) in [5, 5.41) is 2.99. The minimum atomic E-state index is -0.419. The van der Waals surface area contributed by atoms with Crippen LogP contribution in [0.5, 0.6) is 5.75 Å². The second kappa shape index (κ2) is 9.19. The minimum Gasteiger partial charge on any atom is -0.494 e. The molecule has 0 radical (unpaired) electrons. The number of carbonyl (C=O) groups excluding carboxylic acids is 1. The predicted molar refractivity (Wildman–Crippen MR) is 107 cm³/mol. The summed E-state index contributed by atoms with van der Waals surface area (Å²) in [5.41, 5.74) is 2.49. The van der Waals surface area contributed by atoms with Crippen molar-refractivity contribution in [3.8, 4) is 5.75 Å². The van der Waals surface area contributed by atoms with Crippen molar-refractivity contribution >= 4 is 33.2 Å². The molecule has 27 heavy (non-hydrogen) atoms. The molecule has 1 amide bonds. The van der Waals surface area contributed by atoms with E-state index in [2.05, 4.69) is 26.1 Å². The van der Waals surface area contributed by atoms with E-state index >= 15 is 0 Å². The number of anilines is 2. The van der Waals surface area contributed by atoms with Gasteiger partial charge >= 0.3 is 0 Å². The van der Waals surface area contributed by atoms with Gasteiger partial charge in [-0.05, 0) is 42.3 Å². The van der Waals surface area contributed by atoms with Crippen molar-refractivity contribution in [3.05, 3.63) is 52.3 Å². The number of hydrogen-bond acceptors (Lipinski definition) is 4. The van der Waals surface area contributed by atoms with E-state index in [9.17, 15) is 9.18 Å². The van der Waals surface area contributed by atoms with Crippen LogP contribution in [0.3, 0.4) is 0 Å². The van der Waals surface area contributed by atoms with Gasteiger partial charge in [0.1, 0.15) is 0 Å². The van der Waals surface area contributed by atoms with Crippen LogP contribution in [0.25, 0.3) is 0 Å². The quantitative estimate of drug-likeness (QED) is 0.743. The summed E-state index contributed by atoms with van der Waals surface area (Å²) in [6.45, 7) is 2.92. The summed E-state index contributed by atoms with van der Waals surface area (Å²) >= 11 is 3.46. The maximum absolute atomic E-state index is 13.8. The molecular weight excluding hydrogens is 415 g/mol. The van der Waals surface area contributed by atoms with Gasteiger partial charge in [0.15, 0.2) is 11.6 Å². The molecule has 0 atom stereocenters. The Morgan fingerprint density at radius 3 is 2.74 bits per heavy atom. The molecule has 0 bridgehead atoms. The van der Waals surface area contributed by atoms with Crippen LogP contribution in [0.4, 0.5) is 15.8 Å². The van der Waals surface area contributed by atoms with Crippen molar-refractivity contribution in [1.29, 1.82) is 0 Å². The summed E-state index contributed by atoms with van der Waals surface area (Å²) in [4.78, 5) is 14.7. The lowest BCUT2D eigenvalue weighted by Crippen LogP contribution is -2.36. The second-order valence-corrected chi connectivity index (χ2v) is 7.19. The highest BCUT2D eigenvalue weighted by Crippen LogP contribution is 2.30. The third kappa shape index (κ3) is 5.20. The maximum atomic E-state index is 13.8. The lowest BCUT2D eigenvalue weighted by atomic mass is 10.1. The first-order valence-electron chi connectivity index (χ1n) is 8.81. The van der Waals surface area contributed by atoms with Gasteiger partial charge < -0.3 is 19.7 Å². The van der Waals surface area contributed by atoms with E-state index in [1.54, 1.807) is 12.1 Å². The SMILES string of the molecule is COc1ccc(CCC(=O)Nc2cc(Br)ccc2N2CCOCC2)cc1F. The number of benzene rings is 2. The van der Waals surface area contributed by atoms with E-state index in [4.69, 9.17) is 9.47 Å². The van der Waals surface area contributed by atoms with E-state index < -0.39 is 5.82 Å². The third-order valence-corrected chi connectivity index (χ3v) is 4.93. The molecule has 1 aliphatic rings. The van der Waals surface area contributed by atoms with Crippen LogP contribution in [0.1, 0.15) is 12.0 Å². The number of morpholine rings is 1. The molecule has 1 heterocycles. The molecule has 1 fully saturated rings. The predicted octanol–water partition coefficient (Wildman–Crippen LogP) is 4.00. The van der Waals surface area contributed by atoms with E-state index in [-0.39, 0.29) is 18.1 Å². The molecule has 1 N–H and O–H groups in total. The van der Waals surface area contributed by atoms with Crippen LogP contribution >= 0.6 is 15.9 Å². The molecule has 0 aliphatic carbocycles. The van der Waals surface area contributed by atoms with Crippen molar-refractivity contribution in [2.75, 3.05) is 43.6 Å². The Morgan fingerprint density at radius 1 is 1.26 bits per heavy atom. The van der Waals surface area contributed by atoms with Crippen LogP contribution in [-0.2, 0) is 16.0 Å². The molecule has 1 saturated heterocycles. The molecule has 7 heteroatoms. The average Bonchev–Trinajstić information content (AvgIpc) is 2.67. The van der Waals surface area contributed by atoms with Crippen LogP contribution in [0.2, 0.25) is 0 Å². The molecular formula is C20H22BrFN2O3. The first kappa shape index (κ1) is 19.6. The number of halogens is 2. The molecule has 5 nitrogen and oxygen atoms in total. The van der Waals surface area contributed by atoms with Crippen molar-refractivity contribution in [3.63, 3.8) is 0 Å². The number of nitrogens with zero attached hydrogens (tertiary/aromatic N) is 1. The second-order valence-electron chi connectivity index (χ2n) is 6.28. The van der Waals surface area contributed by atoms with E-state index in [0.717, 1.165) is 34.5 Å². The van der Waals surface area contributed by atoms with Gasteiger partial charge in [-0.15, -0.1) is 0 Å². The first-order valence-corrected chi connectivity index (χ1v) is 9.60. The largest absolute Gasteiger partial charge is 0.494 e. The van der Waals surface area contributed by atoms with Gasteiger partial charge in [0.05, 0.1) is 31.7 Å². The summed E-state index contributed by atoms with van der Waals surface area (Å²) < 4.78 is 25.0. The van der Waals surface area contributed by atoms with Crippen molar-refractivity contribution in [2.24, 2.45) is 0 Å². The van der Waals surface area contributed by atoms with E-state index in [1.807, 2.05) is 18.2 Å². The molecule has 1 aliphatic heterocycles. The molecule has 0 unspecified atom stereocenters. The number of methoxy groups -OCH3 is 1. The molecule has 0 spiro atoms. The van der Waals surface area contributed by atoms with Gasteiger partial charge in [0.2, 0.25) is 5.91 Å². The summed E-state index contributed by atoms with van der Waals surface area (Å²) in [7, 11) is 1.43. The van der Waals surface area contributed by atoms with Crippen molar-refractivity contribution in [2.45, 2.75) is 12.8 Å². The number of aryl methyl sites for hydroxylation is 1. The number of rotatable bonds is 6. The number of ether oxygens (including phenoxy) is 2. The smallest absolute Gasteiger partial charge is 0.224 e. The lowest BCUT2D eigenvalue weighted by Gasteiger charge is -2.30. The fraction of sp³-hybridized carbons (Fsp3) is 0.350. The highest BCUT2D eigenvalue weighted by atomic mass is 79.9. The molecule has 0 saturated carbocycles. The maximum Gasteiger partial charge on any atom is 0.224 e. The molecule has 2 aromatic rings. The lowest BCUT2D eigenvalue weighted by molar-refractivity contribution is -0.116. The topological polar surface area (TPSA) is 50.8 Å². The van der Waals surface area contributed by atoms with E-state index in [0.29, 0.717) is 19.6 Å². The van der Waals surface area contributed by atoms with Crippen LogP contribution in [-0.4, -0.2) is 39.3 Å². The van der Waals surface area contributed by atoms with Gasteiger partial charge in [0, 0.05) is 24.0 Å².